The second-order valence-corrected chi connectivity index (χ2v) is 6.74. The number of hydrogen-bond donors (Lipinski definition) is 1. The topological polar surface area (TPSA) is 107 Å². The van der Waals surface area contributed by atoms with E-state index in [1.165, 1.54) is 16.7 Å². The highest BCUT2D eigenvalue weighted by molar-refractivity contribution is 6.04. The molecule has 0 unspecified atom stereocenters. The quantitative estimate of drug-likeness (QED) is 0.398. The molecule has 0 aliphatic heterocycles. The Morgan fingerprint density at radius 3 is 2.52 bits per heavy atom. The summed E-state index contributed by atoms with van der Waals surface area (Å²) in [5, 5.41) is 13.7. The van der Waals surface area contributed by atoms with Crippen molar-refractivity contribution >= 4 is 28.2 Å². The van der Waals surface area contributed by atoms with Crippen molar-refractivity contribution in [3.05, 3.63) is 104 Å². The lowest BCUT2D eigenvalue weighted by Crippen LogP contribution is -2.22. The summed E-state index contributed by atoms with van der Waals surface area (Å²) in [6.07, 6.45) is 0. The third kappa shape index (κ3) is 3.76. The Balaban J connectivity index is 1.64. The number of carbonyl (C=O) groups is 1. The molecule has 9 heteroatoms. The van der Waals surface area contributed by atoms with Crippen LogP contribution >= 0.6 is 0 Å². The highest BCUT2D eigenvalue weighted by Gasteiger charge is 2.15. The van der Waals surface area contributed by atoms with Crippen LogP contribution in [0.1, 0.15) is 16.2 Å². The average molecular weight is 418 g/mol. The molecule has 0 spiro atoms. The zero-order chi connectivity index (χ0) is 22.1. The van der Waals surface area contributed by atoms with Crippen LogP contribution in [0.25, 0.3) is 16.6 Å². The van der Waals surface area contributed by atoms with Crippen molar-refractivity contribution in [1.82, 2.24) is 9.55 Å². The maximum absolute atomic E-state index is 13.9. The predicted molar refractivity (Wildman–Crippen MR) is 113 cm³/mol. The Kier molecular flexibility index (Phi) is 5.00. The smallest absolute Gasteiger partial charge is 0.271 e. The Hall–Kier alpha value is -4.40. The van der Waals surface area contributed by atoms with Gasteiger partial charge in [-0.2, -0.15) is 0 Å². The van der Waals surface area contributed by atoms with E-state index in [1.54, 1.807) is 43.3 Å². The SMILES string of the molecule is Cc1nc2ccccc2c(=O)n1-c1ccc(C(=O)Nc2cc([N+](=O)[O-])ccc2F)cc1. The van der Waals surface area contributed by atoms with Crippen molar-refractivity contribution in [3.63, 3.8) is 0 Å². The highest BCUT2D eigenvalue weighted by Crippen LogP contribution is 2.22. The van der Waals surface area contributed by atoms with Crippen molar-refractivity contribution in [2.75, 3.05) is 5.32 Å². The van der Waals surface area contributed by atoms with Gasteiger partial charge in [-0.15, -0.1) is 0 Å². The number of para-hydroxylation sites is 1. The van der Waals surface area contributed by atoms with E-state index in [9.17, 15) is 24.1 Å². The van der Waals surface area contributed by atoms with E-state index in [2.05, 4.69) is 10.3 Å². The number of carbonyl (C=O) groups excluding carboxylic acids is 1. The zero-order valence-electron chi connectivity index (χ0n) is 16.2. The number of nitrogens with one attached hydrogen (secondary N) is 1. The van der Waals surface area contributed by atoms with Crippen LogP contribution in [0.2, 0.25) is 0 Å². The molecule has 0 saturated heterocycles. The summed E-state index contributed by atoms with van der Waals surface area (Å²) < 4.78 is 15.4. The molecule has 4 rings (SSSR count). The van der Waals surface area contributed by atoms with Gasteiger partial charge in [-0.3, -0.25) is 24.3 Å². The predicted octanol–water partition coefficient (Wildman–Crippen LogP) is 3.99. The molecule has 0 bridgehead atoms. The Labute approximate surface area is 174 Å². The summed E-state index contributed by atoms with van der Waals surface area (Å²) in [5.41, 5.74) is 0.419. The van der Waals surface area contributed by atoms with E-state index in [0.717, 1.165) is 18.2 Å². The van der Waals surface area contributed by atoms with Gasteiger partial charge < -0.3 is 5.32 Å². The summed E-state index contributed by atoms with van der Waals surface area (Å²) in [7, 11) is 0. The number of amides is 1. The van der Waals surface area contributed by atoms with Gasteiger partial charge in [-0.1, -0.05) is 12.1 Å². The van der Waals surface area contributed by atoms with Crippen molar-refractivity contribution < 1.29 is 14.1 Å². The van der Waals surface area contributed by atoms with Crippen LogP contribution < -0.4 is 10.9 Å². The molecule has 8 nitrogen and oxygen atoms in total. The fraction of sp³-hybridized carbons (Fsp3) is 0.0455. The van der Waals surface area contributed by atoms with Crippen LogP contribution in [-0.4, -0.2) is 20.4 Å². The van der Waals surface area contributed by atoms with Gasteiger partial charge in [0.1, 0.15) is 11.6 Å². The molecule has 0 aliphatic rings. The van der Waals surface area contributed by atoms with Gasteiger partial charge in [0.25, 0.3) is 17.2 Å². The normalized spacial score (nSPS) is 10.8. The fourth-order valence-corrected chi connectivity index (χ4v) is 3.23. The van der Waals surface area contributed by atoms with E-state index >= 15 is 0 Å². The number of nitro groups is 1. The standard InChI is InChI=1S/C22H15FN4O4/c1-13-24-19-5-3-2-4-17(19)22(29)26(13)15-8-6-14(7-9-15)21(28)25-20-12-16(27(30)31)10-11-18(20)23/h2-12H,1H3,(H,25,28). The first-order valence-corrected chi connectivity index (χ1v) is 9.19. The third-order valence-corrected chi connectivity index (χ3v) is 4.74. The van der Waals surface area contributed by atoms with Crippen molar-refractivity contribution in [2.24, 2.45) is 0 Å². The molecule has 0 aliphatic carbocycles. The number of fused-ring (bicyclic) bond motifs is 1. The summed E-state index contributed by atoms with van der Waals surface area (Å²) in [6.45, 7) is 1.71. The lowest BCUT2D eigenvalue weighted by Gasteiger charge is -2.12. The molecule has 1 aromatic heterocycles. The number of anilines is 1. The first kappa shape index (κ1) is 19.9. The van der Waals surface area contributed by atoms with Gasteiger partial charge in [0.15, 0.2) is 0 Å². The van der Waals surface area contributed by atoms with Crippen molar-refractivity contribution in [2.45, 2.75) is 6.92 Å². The zero-order valence-corrected chi connectivity index (χ0v) is 16.2. The maximum Gasteiger partial charge on any atom is 0.271 e. The maximum atomic E-state index is 13.9. The first-order chi connectivity index (χ1) is 14.8. The number of rotatable bonds is 4. The second kappa shape index (κ2) is 7.79. The van der Waals surface area contributed by atoms with Gasteiger partial charge in [-0.05, 0) is 49.4 Å². The number of hydrogen-bond acceptors (Lipinski definition) is 5. The van der Waals surface area contributed by atoms with Gasteiger partial charge >= 0.3 is 0 Å². The molecule has 1 heterocycles. The Morgan fingerprint density at radius 1 is 1.10 bits per heavy atom. The van der Waals surface area contributed by atoms with Crippen LogP contribution in [0, 0.1) is 22.9 Å². The number of benzene rings is 3. The summed E-state index contributed by atoms with van der Waals surface area (Å²) in [5.74, 6) is -0.953. The van der Waals surface area contributed by atoms with Crippen LogP contribution in [0.4, 0.5) is 15.8 Å². The van der Waals surface area contributed by atoms with Crippen molar-refractivity contribution in [1.29, 1.82) is 0 Å². The lowest BCUT2D eigenvalue weighted by molar-refractivity contribution is -0.384. The van der Waals surface area contributed by atoms with E-state index in [1.807, 2.05) is 0 Å². The van der Waals surface area contributed by atoms with Gasteiger partial charge in [0.2, 0.25) is 0 Å². The monoisotopic (exact) mass is 418 g/mol. The lowest BCUT2D eigenvalue weighted by atomic mass is 10.1. The molecule has 0 radical (unpaired) electrons. The summed E-state index contributed by atoms with van der Waals surface area (Å²) in [6, 6.07) is 16.0. The van der Waals surface area contributed by atoms with Gasteiger partial charge in [0.05, 0.1) is 27.2 Å². The first-order valence-electron chi connectivity index (χ1n) is 9.19. The Bertz CT molecular complexity index is 1400. The van der Waals surface area contributed by atoms with E-state index < -0.39 is 16.6 Å². The third-order valence-electron chi connectivity index (χ3n) is 4.74. The number of halogens is 1. The molecule has 3 aromatic carbocycles. The molecule has 4 aromatic rings. The second-order valence-electron chi connectivity index (χ2n) is 6.74. The van der Waals surface area contributed by atoms with Gasteiger partial charge in [0, 0.05) is 17.7 Å². The molecule has 0 atom stereocenters. The van der Waals surface area contributed by atoms with Crippen molar-refractivity contribution in [3.8, 4) is 5.69 Å². The largest absolute Gasteiger partial charge is 0.319 e. The summed E-state index contributed by atoms with van der Waals surface area (Å²) >= 11 is 0. The molecule has 0 fully saturated rings. The molecule has 1 amide bonds. The van der Waals surface area contributed by atoms with E-state index in [4.69, 9.17) is 0 Å². The van der Waals surface area contributed by atoms with Crippen LogP contribution in [-0.2, 0) is 0 Å². The minimum Gasteiger partial charge on any atom is -0.319 e. The van der Waals surface area contributed by atoms with Gasteiger partial charge in [-0.25, -0.2) is 9.37 Å². The summed E-state index contributed by atoms with van der Waals surface area (Å²) in [4.78, 5) is 40.0. The minimum atomic E-state index is -0.792. The highest BCUT2D eigenvalue weighted by atomic mass is 19.1. The molecular weight excluding hydrogens is 403 g/mol. The number of aromatic nitrogens is 2. The number of non-ortho nitro benzene ring substituents is 1. The van der Waals surface area contributed by atoms with Crippen LogP contribution in [0.3, 0.4) is 0 Å². The molecule has 1 N–H and O–H groups in total. The minimum absolute atomic E-state index is 0.189. The van der Waals surface area contributed by atoms with E-state index in [0.29, 0.717) is 22.4 Å². The number of aryl methyl sites for hydroxylation is 1. The molecule has 154 valence electrons. The molecule has 0 saturated carbocycles. The van der Waals surface area contributed by atoms with Crippen LogP contribution in [0.15, 0.2) is 71.5 Å². The molecule has 31 heavy (non-hydrogen) atoms. The van der Waals surface area contributed by atoms with E-state index in [-0.39, 0.29) is 22.5 Å². The Morgan fingerprint density at radius 2 is 1.81 bits per heavy atom. The number of nitro benzene ring substituents is 1. The average Bonchev–Trinajstić information content (AvgIpc) is 2.75. The van der Waals surface area contributed by atoms with Crippen LogP contribution in [0.5, 0.6) is 0 Å². The number of nitrogens with zero attached hydrogens (tertiary/aromatic N) is 3. The molecular formula is C22H15FN4O4. The fourth-order valence-electron chi connectivity index (χ4n) is 3.23.